The molecule has 28 heavy (non-hydrogen) atoms. The summed E-state index contributed by atoms with van der Waals surface area (Å²) in [6, 6.07) is 8.91. The Morgan fingerprint density at radius 1 is 1.11 bits per heavy atom. The van der Waals surface area contributed by atoms with Crippen molar-refractivity contribution in [3.05, 3.63) is 51.5 Å². The van der Waals surface area contributed by atoms with Gasteiger partial charge in [0.25, 0.3) is 0 Å². The van der Waals surface area contributed by atoms with Crippen LogP contribution in [0.2, 0.25) is 0 Å². The number of hydrogen-bond donors (Lipinski definition) is 2. The first-order valence-electron chi connectivity index (χ1n) is 9.96. The minimum atomic E-state index is 0. The van der Waals surface area contributed by atoms with Crippen molar-refractivity contribution < 1.29 is 0 Å². The lowest BCUT2D eigenvalue weighted by atomic mass is 10.1. The minimum absolute atomic E-state index is 0. The summed E-state index contributed by atoms with van der Waals surface area (Å²) >= 11 is 1.72. The number of guanidine groups is 1. The zero-order chi connectivity index (χ0) is 18.9. The molecule has 0 bridgehead atoms. The number of aromatic nitrogens is 1. The molecule has 1 saturated heterocycles. The number of halogens is 1. The molecule has 1 aliphatic heterocycles. The number of aryl methyl sites for hydroxylation is 1. The fraction of sp³-hybridized carbons (Fsp3) is 0.524. The maximum Gasteiger partial charge on any atom is 0.191 e. The van der Waals surface area contributed by atoms with Gasteiger partial charge in [0.15, 0.2) is 5.96 Å². The van der Waals surface area contributed by atoms with E-state index in [0.717, 1.165) is 24.1 Å². The van der Waals surface area contributed by atoms with Crippen molar-refractivity contribution in [1.82, 2.24) is 20.5 Å². The van der Waals surface area contributed by atoms with E-state index < -0.39 is 0 Å². The summed E-state index contributed by atoms with van der Waals surface area (Å²) in [5.41, 5.74) is 2.63. The van der Waals surface area contributed by atoms with Gasteiger partial charge >= 0.3 is 0 Å². The Kier molecular flexibility index (Phi) is 10.2. The van der Waals surface area contributed by atoms with Crippen LogP contribution in [0.5, 0.6) is 0 Å². The normalized spacial score (nSPS) is 15.1. The molecular formula is C21H32IN5S. The van der Waals surface area contributed by atoms with Crippen LogP contribution < -0.4 is 10.6 Å². The summed E-state index contributed by atoms with van der Waals surface area (Å²) < 4.78 is 0. The third kappa shape index (κ3) is 7.67. The van der Waals surface area contributed by atoms with Crippen molar-refractivity contribution in [2.24, 2.45) is 4.99 Å². The number of nitrogens with one attached hydrogen (secondary N) is 2. The van der Waals surface area contributed by atoms with Gasteiger partial charge in [0, 0.05) is 24.2 Å². The molecule has 1 fully saturated rings. The van der Waals surface area contributed by atoms with Crippen molar-refractivity contribution in [2.45, 2.75) is 52.7 Å². The highest BCUT2D eigenvalue weighted by Gasteiger charge is 2.10. The SMILES string of the molecule is CCNC(=NCc1ccc(CN2CCCCC2)cc1)NCc1ncc(C)s1.I. The molecule has 3 rings (SSSR count). The van der Waals surface area contributed by atoms with Gasteiger partial charge in [-0.15, -0.1) is 35.3 Å². The van der Waals surface area contributed by atoms with E-state index in [1.54, 1.807) is 11.3 Å². The van der Waals surface area contributed by atoms with Crippen molar-refractivity contribution in [3.8, 4) is 0 Å². The van der Waals surface area contributed by atoms with Gasteiger partial charge in [0.1, 0.15) is 5.01 Å². The summed E-state index contributed by atoms with van der Waals surface area (Å²) in [6.45, 7) is 9.94. The lowest BCUT2D eigenvalue weighted by molar-refractivity contribution is 0.221. The highest BCUT2D eigenvalue weighted by atomic mass is 127. The largest absolute Gasteiger partial charge is 0.357 e. The third-order valence-electron chi connectivity index (χ3n) is 4.72. The van der Waals surface area contributed by atoms with Gasteiger partial charge in [-0.1, -0.05) is 30.7 Å². The molecule has 1 aromatic carbocycles. The monoisotopic (exact) mass is 513 g/mol. The van der Waals surface area contributed by atoms with Crippen LogP contribution in [-0.2, 0) is 19.6 Å². The fourth-order valence-electron chi connectivity index (χ4n) is 3.28. The molecule has 0 radical (unpaired) electrons. The summed E-state index contributed by atoms with van der Waals surface area (Å²) in [5, 5.41) is 7.75. The van der Waals surface area contributed by atoms with Gasteiger partial charge in [-0.3, -0.25) is 4.90 Å². The van der Waals surface area contributed by atoms with Crippen LogP contribution in [0.3, 0.4) is 0 Å². The molecule has 5 nitrogen and oxygen atoms in total. The van der Waals surface area contributed by atoms with Crippen LogP contribution in [-0.4, -0.2) is 35.5 Å². The van der Waals surface area contributed by atoms with E-state index in [1.807, 2.05) is 6.20 Å². The molecule has 154 valence electrons. The van der Waals surface area contributed by atoms with Crippen LogP contribution in [0.15, 0.2) is 35.5 Å². The van der Waals surface area contributed by atoms with Crippen molar-refractivity contribution in [1.29, 1.82) is 0 Å². The second-order valence-electron chi connectivity index (χ2n) is 7.07. The predicted molar refractivity (Wildman–Crippen MR) is 129 cm³/mol. The molecule has 0 spiro atoms. The summed E-state index contributed by atoms with van der Waals surface area (Å²) in [5.74, 6) is 0.836. The van der Waals surface area contributed by atoms with E-state index in [-0.39, 0.29) is 24.0 Å². The van der Waals surface area contributed by atoms with E-state index >= 15 is 0 Å². The highest BCUT2D eigenvalue weighted by Crippen LogP contribution is 2.14. The number of aliphatic imine (C=N–C) groups is 1. The van der Waals surface area contributed by atoms with E-state index in [9.17, 15) is 0 Å². The Labute approximate surface area is 190 Å². The van der Waals surface area contributed by atoms with Gasteiger partial charge in [-0.25, -0.2) is 9.98 Å². The molecule has 0 saturated carbocycles. The zero-order valence-corrected chi connectivity index (χ0v) is 20.1. The van der Waals surface area contributed by atoms with Crippen molar-refractivity contribution >= 4 is 41.3 Å². The summed E-state index contributed by atoms with van der Waals surface area (Å²) in [4.78, 5) is 12.9. The van der Waals surface area contributed by atoms with Gasteiger partial charge in [-0.2, -0.15) is 0 Å². The van der Waals surface area contributed by atoms with Crippen LogP contribution >= 0.6 is 35.3 Å². The number of rotatable bonds is 7. The maximum absolute atomic E-state index is 4.71. The fourth-order valence-corrected chi connectivity index (χ4v) is 4.01. The van der Waals surface area contributed by atoms with E-state index in [1.165, 1.54) is 48.4 Å². The highest BCUT2D eigenvalue weighted by molar-refractivity contribution is 14.0. The molecule has 0 unspecified atom stereocenters. The number of nitrogens with zero attached hydrogens (tertiary/aromatic N) is 3. The smallest absolute Gasteiger partial charge is 0.191 e. The number of benzene rings is 1. The second-order valence-corrected chi connectivity index (χ2v) is 8.39. The molecular weight excluding hydrogens is 481 g/mol. The predicted octanol–water partition coefficient (Wildman–Crippen LogP) is 4.31. The first-order valence-corrected chi connectivity index (χ1v) is 10.8. The minimum Gasteiger partial charge on any atom is -0.357 e. The standard InChI is InChI=1S/C21H31N5S.HI/c1-3-22-21(25-15-20-23-13-17(2)27-20)24-14-18-7-9-19(10-8-18)16-26-11-5-4-6-12-26;/h7-10,13H,3-6,11-12,14-16H2,1-2H3,(H2,22,24,25);1H. The Hall–Kier alpha value is -1.19. The molecule has 1 aromatic heterocycles. The molecule has 0 aliphatic carbocycles. The van der Waals surface area contributed by atoms with Crippen LogP contribution in [0.25, 0.3) is 0 Å². The molecule has 2 N–H and O–H groups in total. The zero-order valence-electron chi connectivity index (χ0n) is 16.9. The number of thiazole rings is 1. The molecule has 0 atom stereocenters. The lowest BCUT2D eigenvalue weighted by Gasteiger charge is -2.26. The van der Waals surface area contributed by atoms with E-state index in [2.05, 4.69) is 58.6 Å². The van der Waals surface area contributed by atoms with Gasteiger partial charge in [0.2, 0.25) is 0 Å². The first kappa shape index (κ1) is 23.1. The quantitative estimate of drug-likeness (QED) is 0.329. The van der Waals surface area contributed by atoms with Crippen LogP contribution in [0.4, 0.5) is 0 Å². The van der Waals surface area contributed by atoms with Crippen molar-refractivity contribution in [2.75, 3.05) is 19.6 Å². The maximum atomic E-state index is 4.71. The van der Waals surface area contributed by atoms with E-state index in [4.69, 9.17) is 4.99 Å². The number of piperidine rings is 1. The summed E-state index contributed by atoms with van der Waals surface area (Å²) in [7, 11) is 0. The topological polar surface area (TPSA) is 52.6 Å². The van der Waals surface area contributed by atoms with Gasteiger partial charge in [-0.05, 0) is 50.9 Å². The first-order chi connectivity index (χ1) is 13.2. The lowest BCUT2D eigenvalue weighted by Crippen LogP contribution is -2.36. The third-order valence-corrected chi connectivity index (χ3v) is 5.63. The average Bonchev–Trinajstić information content (AvgIpc) is 3.11. The molecule has 2 heterocycles. The van der Waals surface area contributed by atoms with E-state index in [0.29, 0.717) is 13.1 Å². The Bertz CT molecular complexity index is 723. The summed E-state index contributed by atoms with van der Waals surface area (Å²) in [6.07, 6.45) is 5.98. The van der Waals surface area contributed by atoms with Gasteiger partial charge in [0.05, 0.1) is 13.1 Å². The second kappa shape index (κ2) is 12.4. The Morgan fingerprint density at radius 3 is 2.46 bits per heavy atom. The molecule has 0 amide bonds. The molecule has 1 aliphatic rings. The van der Waals surface area contributed by atoms with Crippen LogP contribution in [0.1, 0.15) is 47.2 Å². The Morgan fingerprint density at radius 2 is 1.82 bits per heavy atom. The molecule has 7 heteroatoms. The Balaban J connectivity index is 0.00000280. The van der Waals surface area contributed by atoms with Crippen molar-refractivity contribution in [3.63, 3.8) is 0 Å². The number of likely N-dealkylation sites (tertiary alicyclic amines) is 1. The average molecular weight is 513 g/mol. The van der Waals surface area contributed by atoms with Crippen LogP contribution in [0, 0.1) is 6.92 Å². The van der Waals surface area contributed by atoms with Gasteiger partial charge < -0.3 is 10.6 Å². The number of hydrogen-bond acceptors (Lipinski definition) is 4. The molecule has 2 aromatic rings.